The van der Waals surface area contributed by atoms with Crippen LogP contribution in [0, 0.1) is 0 Å². The second-order valence-electron chi connectivity index (χ2n) is 2.52. The Morgan fingerprint density at radius 1 is 1.08 bits per heavy atom. The number of rotatable bonds is 0. The molecule has 1 aromatic carbocycles. The Kier molecular flexibility index (Phi) is 1.81. The zero-order valence-electron chi connectivity index (χ0n) is 6.30. The first-order valence-corrected chi connectivity index (χ1v) is 4.25. The molecule has 0 saturated heterocycles. The Bertz CT molecular complexity index is 294. The SMILES string of the molecule is CC1Oc2cc(Cl)c(Cl)cc2O1. The molecular formula is C8H6Cl2O2. The molecule has 0 N–H and O–H groups in total. The lowest BCUT2D eigenvalue weighted by molar-refractivity contribution is 0.0678. The fourth-order valence-electron chi connectivity index (χ4n) is 1.08. The van der Waals surface area contributed by atoms with Crippen LogP contribution in [0.15, 0.2) is 12.1 Å². The summed E-state index contributed by atoms with van der Waals surface area (Å²) in [7, 11) is 0. The molecule has 12 heavy (non-hydrogen) atoms. The topological polar surface area (TPSA) is 18.5 Å². The fraction of sp³-hybridized carbons (Fsp3) is 0.250. The Balaban J connectivity index is 2.48. The highest BCUT2D eigenvalue weighted by Crippen LogP contribution is 2.40. The highest BCUT2D eigenvalue weighted by Gasteiger charge is 2.21. The van der Waals surface area contributed by atoms with Crippen molar-refractivity contribution in [3.63, 3.8) is 0 Å². The van der Waals surface area contributed by atoms with Gasteiger partial charge in [-0.25, -0.2) is 0 Å². The summed E-state index contributed by atoms with van der Waals surface area (Å²) < 4.78 is 10.6. The van der Waals surface area contributed by atoms with Crippen LogP contribution in [0.4, 0.5) is 0 Å². The van der Waals surface area contributed by atoms with Gasteiger partial charge in [-0.1, -0.05) is 23.2 Å². The molecule has 2 nitrogen and oxygen atoms in total. The predicted molar refractivity (Wildman–Crippen MR) is 47.2 cm³/mol. The summed E-state index contributed by atoms with van der Waals surface area (Å²) in [6.45, 7) is 1.81. The van der Waals surface area contributed by atoms with Gasteiger partial charge in [-0.15, -0.1) is 0 Å². The molecular weight excluding hydrogens is 199 g/mol. The molecule has 4 heteroatoms. The van der Waals surface area contributed by atoms with Gasteiger partial charge in [-0.05, 0) is 0 Å². The molecule has 0 fully saturated rings. The van der Waals surface area contributed by atoms with Crippen molar-refractivity contribution in [2.75, 3.05) is 0 Å². The molecule has 0 amide bonds. The van der Waals surface area contributed by atoms with Crippen LogP contribution in [0.2, 0.25) is 10.0 Å². The van der Waals surface area contributed by atoms with Crippen molar-refractivity contribution < 1.29 is 9.47 Å². The maximum absolute atomic E-state index is 5.77. The molecule has 0 bridgehead atoms. The fourth-order valence-corrected chi connectivity index (χ4v) is 1.38. The van der Waals surface area contributed by atoms with Gasteiger partial charge in [0, 0.05) is 19.1 Å². The van der Waals surface area contributed by atoms with Gasteiger partial charge in [-0.3, -0.25) is 0 Å². The smallest absolute Gasteiger partial charge is 0.238 e. The molecule has 0 aliphatic carbocycles. The van der Waals surface area contributed by atoms with Crippen LogP contribution in [0.3, 0.4) is 0 Å². The van der Waals surface area contributed by atoms with Gasteiger partial charge in [0.2, 0.25) is 6.29 Å². The number of halogens is 2. The van der Waals surface area contributed by atoms with Crippen LogP contribution in [0.1, 0.15) is 6.92 Å². The third-order valence-corrected chi connectivity index (χ3v) is 2.29. The van der Waals surface area contributed by atoms with E-state index < -0.39 is 0 Å². The van der Waals surface area contributed by atoms with Crippen LogP contribution in [0.25, 0.3) is 0 Å². The largest absolute Gasteiger partial charge is 0.451 e. The minimum Gasteiger partial charge on any atom is -0.451 e. The predicted octanol–water partition coefficient (Wildman–Crippen LogP) is 3.11. The van der Waals surface area contributed by atoms with E-state index in [9.17, 15) is 0 Å². The summed E-state index contributed by atoms with van der Waals surface area (Å²) in [6, 6.07) is 3.31. The van der Waals surface area contributed by atoms with E-state index in [0.717, 1.165) is 0 Å². The Morgan fingerprint density at radius 2 is 1.50 bits per heavy atom. The quantitative estimate of drug-likeness (QED) is 0.647. The number of hydrogen-bond donors (Lipinski definition) is 0. The van der Waals surface area contributed by atoms with Gasteiger partial charge in [0.15, 0.2) is 11.5 Å². The highest BCUT2D eigenvalue weighted by molar-refractivity contribution is 6.42. The molecule has 0 unspecified atom stereocenters. The Morgan fingerprint density at radius 3 is 1.92 bits per heavy atom. The Labute approximate surface area is 80.0 Å². The molecule has 0 aromatic heterocycles. The molecule has 1 aliphatic heterocycles. The van der Waals surface area contributed by atoms with Crippen molar-refractivity contribution in [3.05, 3.63) is 22.2 Å². The lowest BCUT2D eigenvalue weighted by atomic mass is 10.3. The summed E-state index contributed by atoms with van der Waals surface area (Å²) in [4.78, 5) is 0. The van der Waals surface area contributed by atoms with E-state index in [4.69, 9.17) is 32.7 Å². The van der Waals surface area contributed by atoms with Gasteiger partial charge in [-0.2, -0.15) is 0 Å². The van der Waals surface area contributed by atoms with E-state index >= 15 is 0 Å². The molecule has 1 aromatic rings. The minimum atomic E-state index is -0.255. The van der Waals surface area contributed by atoms with E-state index in [1.165, 1.54) is 0 Å². The van der Waals surface area contributed by atoms with Crippen molar-refractivity contribution in [1.29, 1.82) is 0 Å². The zero-order chi connectivity index (χ0) is 8.72. The summed E-state index contributed by atoms with van der Waals surface area (Å²) >= 11 is 11.5. The van der Waals surface area contributed by atoms with E-state index in [1.54, 1.807) is 12.1 Å². The molecule has 0 radical (unpaired) electrons. The number of fused-ring (bicyclic) bond motifs is 1. The summed E-state index contributed by atoms with van der Waals surface area (Å²) in [5.41, 5.74) is 0. The van der Waals surface area contributed by atoms with Gasteiger partial charge in [0.05, 0.1) is 10.0 Å². The van der Waals surface area contributed by atoms with Crippen molar-refractivity contribution in [2.45, 2.75) is 13.2 Å². The zero-order valence-corrected chi connectivity index (χ0v) is 7.82. The summed E-state index contributed by atoms with van der Waals surface area (Å²) in [6.07, 6.45) is -0.255. The maximum Gasteiger partial charge on any atom is 0.238 e. The lowest BCUT2D eigenvalue weighted by Gasteiger charge is -1.99. The first-order valence-electron chi connectivity index (χ1n) is 3.49. The van der Waals surface area contributed by atoms with Gasteiger partial charge in [0.25, 0.3) is 0 Å². The van der Waals surface area contributed by atoms with Crippen LogP contribution in [-0.4, -0.2) is 6.29 Å². The van der Waals surface area contributed by atoms with Crippen molar-refractivity contribution in [1.82, 2.24) is 0 Å². The third kappa shape index (κ3) is 1.21. The first-order chi connectivity index (χ1) is 5.66. The molecule has 0 spiro atoms. The molecule has 0 atom stereocenters. The van der Waals surface area contributed by atoms with E-state index in [0.29, 0.717) is 21.5 Å². The minimum absolute atomic E-state index is 0.255. The second-order valence-corrected chi connectivity index (χ2v) is 3.33. The van der Waals surface area contributed by atoms with Crippen molar-refractivity contribution in [3.8, 4) is 11.5 Å². The van der Waals surface area contributed by atoms with Gasteiger partial charge < -0.3 is 9.47 Å². The molecule has 64 valence electrons. The number of ether oxygens (including phenoxy) is 2. The van der Waals surface area contributed by atoms with Gasteiger partial charge in [0.1, 0.15) is 0 Å². The molecule has 1 heterocycles. The summed E-state index contributed by atoms with van der Waals surface area (Å²) in [5, 5.41) is 0.959. The third-order valence-electron chi connectivity index (χ3n) is 1.57. The van der Waals surface area contributed by atoms with Crippen molar-refractivity contribution in [2.24, 2.45) is 0 Å². The van der Waals surface area contributed by atoms with E-state index in [1.807, 2.05) is 6.92 Å². The second kappa shape index (κ2) is 2.71. The standard InChI is InChI=1S/C8H6Cl2O2/c1-4-11-7-2-5(9)6(10)3-8(7)12-4/h2-4H,1H3. The number of hydrogen-bond acceptors (Lipinski definition) is 2. The van der Waals surface area contributed by atoms with E-state index in [2.05, 4.69) is 0 Å². The highest BCUT2D eigenvalue weighted by atomic mass is 35.5. The van der Waals surface area contributed by atoms with Gasteiger partial charge >= 0.3 is 0 Å². The average Bonchev–Trinajstić information content (AvgIpc) is 2.30. The van der Waals surface area contributed by atoms with Crippen LogP contribution in [-0.2, 0) is 0 Å². The summed E-state index contributed by atoms with van der Waals surface area (Å²) in [5.74, 6) is 1.30. The van der Waals surface area contributed by atoms with Crippen LogP contribution < -0.4 is 9.47 Å². The van der Waals surface area contributed by atoms with Crippen molar-refractivity contribution >= 4 is 23.2 Å². The average molecular weight is 205 g/mol. The Hall–Kier alpha value is -0.600. The first kappa shape index (κ1) is 8.02. The van der Waals surface area contributed by atoms with E-state index in [-0.39, 0.29) is 6.29 Å². The monoisotopic (exact) mass is 204 g/mol. The van der Waals surface area contributed by atoms with Crippen LogP contribution in [0.5, 0.6) is 11.5 Å². The maximum atomic E-state index is 5.77. The normalized spacial score (nSPS) is 15.2. The number of benzene rings is 1. The lowest BCUT2D eigenvalue weighted by Crippen LogP contribution is -2.11. The van der Waals surface area contributed by atoms with Crippen LogP contribution >= 0.6 is 23.2 Å². The molecule has 1 aliphatic rings. The molecule has 2 rings (SSSR count). The molecule has 0 saturated carbocycles.